The standard InChI is InChI=1S/C10H11NO3/c12-7-11-9(6-10(13)14)8-4-2-1-3-5-8/h1-5,7,9H,6H2,(H,11,12)(H,13,14)/t9-/m1/s1. The molecule has 0 aliphatic heterocycles. The second-order valence-corrected chi connectivity index (χ2v) is 2.85. The lowest BCUT2D eigenvalue weighted by Crippen LogP contribution is -2.22. The van der Waals surface area contributed by atoms with Gasteiger partial charge in [-0.1, -0.05) is 30.3 Å². The maximum absolute atomic E-state index is 10.5. The summed E-state index contributed by atoms with van der Waals surface area (Å²) in [5.74, 6) is -0.937. The third-order valence-corrected chi connectivity index (χ3v) is 1.85. The van der Waals surface area contributed by atoms with Gasteiger partial charge in [-0.05, 0) is 5.56 Å². The third-order valence-electron chi connectivity index (χ3n) is 1.85. The van der Waals surface area contributed by atoms with Crippen LogP contribution >= 0.6 is 0 Å². The van der Waals surface area contributed by atoms with Gasteiger partial charge in [0.05, 0.1) is 12.5 Å². The van der Waals surface area contributed by atoms with E-state index in [1.807, 2.05) is 6.07 Å². The van der Waals surface area contributed by atoms with Crippen molar-refractivity contribution in [1.82, 2.24) is 5.32 Å². The van der Waals surface area contributed by atoms with Gasteiger partial charge in [0.15, 0.2) is 0 Å². The van der Waals surface area contributed by atoms with E-state index in [4.69, 9.17) is 5.11 Å². The number of amides is 1. The summed E-state index contributed by atoms with van der Waals surface area (Å²) in [6, 6.07) is 8.55. The fourth-order valence-electron chi connectivity index (χ4n) is 1.22. The topological polar surface area (TPSA) is 66.4 Å². The number of carboxylic acid groups (broad SMARTS) is 1. The molecule has 1 aromatic carbocycles. The number of hydrogen-bond donors (Lipinski definition) is 2. The number of nitrogens with one attached hydrogen (secondary N) is 1. The zero-order valence-electron chi connectivity index (χ0n) is 7.51. The minimum Gasteiger partial charge on any atom is -0.481 e. The first-order valence-electron chi connectivity index (χ1n) is 4.20. The van der Waals surface area contributed by atoms with Crippen LogP contribution in [0.5, 0.6) is 0 Å². The Labute approximate surface area is 81.6 Å². The molecule has 0 unspecified atom stereocenters. The van der Waals surface area contributed by atoms with E-state index >= 15 is 0 Å². The predicted molar refractivity (Wildman–Crippen MR) is 50.6 cm³/mol. The fraction of sp³-hybridized carbons (Fsp3) is 0.200. The molecule has 0 aromatic heterocycles. The maximum Gasteiger partial charge on any atom is 0.305 e. The third kappa shape index (κ3) is 2.90. The maximum atomic E-state index is 10.5. The summed E-state index contributed by atoms with van der Waals surface area (Å²) in [7, 11) is 0. The molecule has 14 heavy (non-hydrogen) atoms. The summed E-state index contributed by atoms with van der Waals surface area (Å²) < 4.78 is 0. The lowest BCUT2D eigenvalue weighted by molar-refractivity contribution is -0.137. The van der Waals surface area contributed by atoms with Crippen molar-refractivity contribution in [1.29, 1.82) is 0 Å². The fourth-order valence-corrected chi connectivity index (χ4v) is 1.22. The Kier molecular flexibility index (Phi) is 3.67. The van der Waals surface area contributed by atoms with E-state index in [1.165, 1.54) is 0 Å². The van der Waals surface area contributed by atoms with Crippen LogP contribution in [0.2, 0.25) is 0 Å². The van der Waals surface area contributed by atoms with E-state index in [-0.39, 0.29) is 6.42 Å². The molecule has 2 N–H and O–H groups in total. The summed E-state index contributed by atoms with van der Waals surface area (Å²) in [4.78, 5) is 20.8. The molecule has 74 valence electrons. The predicted octanol–water partition coefficient (Wildman–Crippen LogP) is 0.948. The molecule has 4 heteroatoms. The molecule has 1 aromatic rings. The molecular weight excluding hydrogens is 182 g/mol. The summed E-state index contributed by atoms with van der Waals surface area (Å²) in [5.41, 5.74) is 0.794. The average molecular weight is 193 g/mol. The summed E-state index contributed by atoms with van der Waals surface area (Å²) in [5, 5.41) is 11.1. The van der Waals surface area contributed by atoms with E-state index < -0.39 is 12.0 Å². The minimum atomic E-state index is -0.937. The SMILES string of the molecule is O=CN[C@H](CC(=O)O)c1ccccc1. The van der Waals surface area contributed by atoms with Crippen molar-refractivity contribution in [3.63, 3.8) is 0 Å². The lowest BCUT2D eigenvalue weighted by atomic mass is 10.0. The van der Waals surface area contributed by atoms with Crippen LogP contribution in [0.4, 0.5) is 0 Å². The van der Waals surface area contributed by atoms with E-state index in [2.05, 4.69) is 5.32 Å². The highest BCUT2D eigenvalue weighted by atomic mass is 16.4. The number of benzene rings is 1. The molecule has 0 saturated heterocycles. The van der Waals surface area contributed by atoms with Gasteiger partial charge in [0.1, 0.15) is 0 Å². The van der Waals surface area contributed by atoms with Crippen molar-refractivity contribution in [2.75, 3.05) is 0 Å². The van der Waals surface area contributed by atoms with Gasteiger partial charge in [0.2, 0.25) is 6.41 Å². The summed E-state index contributed by atoms with van der Waals surface area (Å²) >= 11 is 0. The Morgan fingerprint density at radius 3 is 2.57 bits per heavy atom. The van der Waals surface area contributed by atoms with Crippen LogP contribution in [0.3, 0.4) is 0 Å². The molecule has 0 aliphatic rings. The zero-order valence-corrected chi connectivity index (χ0v) is 7.51. The number of carboxylic acids is 1. The van der Waals surface area contributed by atoms with Gasteiger partial charge in [0.25, 0.3) is 0 Å². The average Bonchev–Trinajstić information content (AvgIpc) is 2.18. The smallest absolute Gasteiger partial charge is 0.305 e. The number of aliphatic carboxylic acids is 1. The van der Waals surface area contributed by atoms with Crippen LogP contribution in [-0.4, -0.2) is 17.5 Å². The van der Waals surface area contributed by atoms with Gasteiger partial charge in [-0.2, -0.15) is 0 Å². The molecule has 0 radical (unpaired) electrons. The Morgan fingerprint density at radius 1 is 1.43 bits per heavy atom. The van der Waals surface area contributed by atoms with Crippen LogP contribution in [0.25, 0.3) is 0 Å². The van der Waals surface area contributed by atoms with Gasteiger partial charge in [-0.25, -0.2) is 0 Å². The van der Waals surface area contributed by atoms with Gasteiger partial charge in [-0.3, -0.25) is 9.59 Å². The van der Waals surface area contributed by atoms with Crippen molar-refractivity contribution in [2.45, 2.75) is 12.5 Å². The van der Waals surface area contributed by atoms with Crippen molar-refractivity contribution >= 4 is 12.4 Å². The molecule has 0 aliphatic carbocycles. The van der Waals surface area contributed by atoms with Crippen molar-refractivity contribution < 1.29 is 14.7 Å². The normalized spacial score (nSPS) is 11.7. The van der Waals surface area contributed by atoms with Crippen LogP contribution in [0, 0.1) is 0 Å². The highest BCUT2D eigenvalue weighted by Crippen LogP contribution is 2.15. The van der Waals surface area contributed by atoms with Crippen molar-refractivity contribution in [3.8, 4) is 0 Å². The Balaban J connectivity index is 2.77. The Bertz CT molecular complexity index is 310. The summed E-state index contributed by atoms with van der Waals surface area (Å²) in [6.07, 6.45) is 0.406. The number of carbonyl (C=O) groups excluding carboxylic acids is 1. The van der Waals surface area contributed by atoms with E-state index in [0.717, 1.165) is 5.56 Å². The first-order valence-corrected chi connectivity index (χ1v) is 4.20. The molecule has 1 atom stereocenters. The van der Waals surface area contributed by atoms with Crippen molar-refractivity contribution in [3.05, 3.63) is 35.9 Å². The van der Waals surface area contributed by atoms with E-state index in [0.29, 0.717) is 6.41 Å². The van der Waals surface area contributed by atoms with E-state index in [1.54, 1.807) is 24.3 Å². The van der Waals surface area contributed by atoms with Gasteiger partial charge >= 0.3 is 5.97 Å². The van der Waals surface area contributed by atoms with Crippen LogP contribution in [0.15, 0.2) is 30.3 Å². The first kappa shape index (κ1) is 10.2. The largest absolute Gasteiger partial charge is 0.481 e. The second-order valence-electron chi connectivity index (χ2n) is 2.85. The van der Waals surface area contributed by atoms with E-state index in [9.17, 15) is 9.59 Å². The van der Waals surface area contributed by atoms with Gasteiger partial charge < -0.3 is 10.4 Å². The second kappa shape index (κ2) is 5.01. The first-order chi connectivity index (χ1) is 6.74. The number of hydrogen-bond acceptors (Lipinski definition) is 2. The molecule has 0 spiro atoms. The molecule has 0 bridgehead atoms. The molecule has 1 amide bonds. The molecule has 1 rings (SSSR count). The molecule has 0 heterocycles. The quantitative estimate of drug-likeness (QED) is 0.684. The Morgan fingerprint density at radius 2 is 2.07 bits per heavy atom. The summed E-state index contributed by atoms with van der Waals surface area (Å²) in [6.45, 7) is 0. The number of carbonyl (C=O) groups is 2. The highest BCUT2D eigenvalue weighted by Gasteiger charge is 2.13. The minimum absolute atomic E-state index is 0.108. The molecule has 4 nitrogen and oxygen atoms in total. The molecule has 0 saturated carbocycles. The molecule has 0 fully saturated rings. The van der Waals surface area contributed by atoms with Crippen LogP contribution < -0.4 is 5.32 Å². The highest BCUT2D eigenvalue weighted by molar-refractivity contribution is 5.68. The molecular formula is C10H11NO3. The van der Waals surface area contributed by atoms with Gasteiger partial charge in [0, 0.05) is 0 Å². The Hall–Kier alpha value is -1.84. The van der Waals surface area contributed by atoms with Crippen molar-refractivity contribution in [2.24, 2.45) is 0 Å². The van der Waals surface area contributed by atoms with Gasteiger partial charge in [-0.15, -0.1) is 0 Å². The monoisotopic (exact) mass is 193 g/mol. The number of rotatable bonds is 5. The van der Waals surface area contributed by atoms with Crippen LogP contribution in [-0.2, 0) is 9.59 Å². The van der Waals surface area contributed by atoms with Crippen LogP contribution in [0.1, 0.15) is 18.0 Å². The lowest BCUT2D eigenvalue weighted by Gasteiger charge is -2.13. The zero-order chi connectivity index (χ0) is 10.4.